The van der Waals surface area contributed by atoms with Gasteiger partial charge in [-0.1, -0.05) is 62.9 Å². The average molecular weight is 1190 g/mol. The average Bonchev–Trinajstić information content (AvgIpc) is 2.02. The minimum Gasteiger partial charge on any atom is -0.336 e. The van der Waals surface area contributed by atoms with Gasteiger partial charge in [0.25, 0.3) is 0 Å². The topological polar surface area (TPSA) is 199 Å². The Morgan fingerprint density at radius 3 is 1.65 bits per heavy atom. The summed E-state index contributed by atoms with van der Waals surface area (Å²) >= 11 is 0. The Labute approximate surface area is 515 Å². The lowest BCUT2D eigenvalue weighted by Gasteiger charge is -2.14. The highest BCUT2D eigenvalue weighted by molar-refractivity contribution is 5.98. The van der Waals surface area contributed by atoms with Crippen molar-refractivity contribution in [2.45, 2.75) is 85.0 Å². The predicted octanol–water partition coefficient (Wildman–Crippen LogP) is 15.1. The van der Waals surface area contributed by atoms with E-state index in [1.54, 1.807) is 55.4 Å². The van der Waals surface area contributed by atoms with Crippen LogP contribution in [-0.4, -0.2) is 119 Å². The zero-order valence-electron chi connectivity index (χ0n) is 50.6. The Morgan fingerprint density at radius 2 is 1.11 bits per heavy atom. The van der Waals surface area contributed by atoms with Crippen LogP contribution in [0.15, 0.2) is 165 Å². The number of hydrogen-bond donors (Lipinski definition) is 4. The van der Waals surface area contributed by atoms with Gasteiger partial charge in [0.1, 0.15) is 39.7 Å². The molecule has 3 aromatic carbocycles. The van der Waals surface area contributed by atoms with Gasteiger partial charge in [0.15, 0.2) is 11.6 Å². The molecule has 0 amide bonds. The summed E-state index contributed by atoms with van der Waals surface area (Å²) in [7, 11) is 0. The molecule has 0 radical (unpaired) electrons. The number of halogens is 2. The van der Waals surface area contributed by atoms with Crippen LogP contribution < -0.4 is 0 Å². The number of allylic oxidation sites excluding steroid dienone is 5. The lowest BCUT2D eigenvalue weighted by atomic mass is 10.0. The van der Waals surface area contributed by atoms with Crippen LogP contribution in [0.25, 0.3) is 106 Å². The molecule has 14 rings (SSSR count). The molecule has 4 N–H and O–H groups in total. The number of nitrogens with zero attached hydrogens (tertiary/aromatic N) is 12. The number of imidazole rings is 2. The van der Waals surface area contributed by atoms with E-state index in [-0.39, 0.29) is 11.6 Å². The van der Waals surface area contributed by atoms with E-state index in [1.807, 2.05) is 69.4 Å². The Bertz CT molecular complexity index is 4450. The third kappa shape index (κ3) is 13.8. The Kier molecular flexibility index (Phi) is 18.7. The number of nitrogens with one attached hydrogen (secondary N) is 4. The lowest BCUT2D eigenvalue weighted by molar-refractivity contribution is 0.334. The van der Waals surface area contributed by atoms with Crippen LogP contribution in [0.5, 0.6) is 0 Å². The van der Waals surface area contributed by atoms with Crippen LogP contribution in [0.2, 0.25) is 0 Å². The molecule has 0 saturated carbocycles. The third-order valence-corrected chi connectivity index (χ3v) is 16.5. The second-order valence-corrected chi connectivity index (χ2v) is 22.4. The summed E-state index contributed by atoms with van der Waals surface area (Å²) in [5, 5.41) is 17.0. The normalized spacial score (nSPS) is 14.0. The van der Waals surface area contributed by atoms with Crippen LogP contribution >= 0.6 is 0 Å². The zero-order valence-corrected chi connectivity index (χ0v) is 50.6. The van der Waals surface area contributed by atoms with Gasteiger partial charge in [0.2, 0.25) is 0 Å². The van der Waals surface area contributed by atoms with Crippen molar-refractivity contribution in [3.63, 3.8) is 0 Å². The van der Waals surface area contributed by atoms with Crippen molar-refractivity contribution in [1.29, 1.82) is 0 Å². The van der Waals surface area contributed by atoms with Gasteiger partial charge >= 0.3 is 0 Å². The fourth-order valence-corrected chi connectivity index (χ4v) is 12.0. The molecule has 0 spiro atoms. The Morgan fingerprint density at radius 1 is 0.551 bits per heavy atom. The summed E-state index contributed by atoms with van der Waals surface area (Å²) in [6.07, 6.45) is 28.6. The van der Waals surface area contributed by atoms with Crippen LogP contribution in [-0.2, 0) is 19.3 Å². The van der Waals surface area contributed by atoms with E-state index in [0.717, 1.165) is 124 Å². The zero-order chi connectivity index (χ0) is 61.1. The maximum atomic E-state index is 14.9. The van der Waals surface area contributed by atoms with E-state index in [1.165, 1.54) is 63.5 Å². The van der Waals surface area contributed by atoms with Crippen molar-refractivity contribution in [3.8, 4) is 56.9 Å². The SMILES string of the molecule is C=C/C(=C\C(=C/C)c1cc2c(-c3nc4c(-c5cc(F)cc(CCCN6CCCC6)c5)nccc4[nH]3)n[nH]c2cn1)CCc1ccccc1.CC.Fc1cc(CCCN2CCCC2)cc(-c2nccc3[nH]c(-c4n[nH]c5cnc(-c6cnccn6)cc45)nc23)c1. The van der Waals surface area contributed by atoms with Gasteiger partial charge in [-0.2, -0.15) is 10.2 Å². The van der Waals surface area contributed by atoms with Gasteiger partial charge in [-0.15, -0.1) is 0 Å². The molecular weight excluding hydrogens is 1110 g/mol. The highest BCUT2D eigenvalue weighted by atomic mass is 19.1. The minimum absolute atomic E-state index is 0.259. The molecular formula is C71H72F2N16. The number of aromatic amines is 4. The summed E-state index contributed by atoms with van der Waals surface area (Å²) < 4.78 is 29.6. The number of likely N-dealkylation sites (tertiary alicyclic amines) is 2. The first kappa shape index (κ1) is 59.5. The molecule has 0 atom stereocenters. The molecule has 89 heavy (non-hydrogen) atoms. The van der Waals surface area contributed by atoms with E-state index >= 15 is 0 Å². The first-order chi connectivity index (χ1) is 43.8. The number of rotatable bonds is 19. The second-order valence-electron chi connectivity index (χ2n) is 22.4. The van der Waals surface area contributed by atoms with Crippen LogP contribution in [0.1, 0.15) is 88.1 Å². The van der Waals surface area contributed by atoms with Gasteiger partial charge in [-0.05, 0) is 205 Å². The maximum Gasteiger partial charge on any atom is 0.159 e. The summed E-state index contributed by atoms with van der Waals surface area (Å²) in [6, 6.07) is 28.6. The third-order valence-electron chi connectivity index (χ3n) is 16.5. The number of pyridine rings is 4. The largest absolute Gasteiger partial charge is 0.336 e. The van der Waals surface area contributed by atoms with E-state index < -0.39 is 0 Å². The molecule has 2 fully saturated rings. The highest BCUT2D eigenvalue weighted by Gasteiger charge is 2.21. The first-order valence-electron chi connectivity index (χ1n) is 31.0. The standard InChI is InChI=1S/C40H40FN7.C29H26FN9.C2H6/c1-3-27(14-15-28-11-6-5-7-12-28)21-30(4-2)35-25-33-36(26-43-35)46-47-38(33)40-44-34-16-17-42-37(39(34)45-40)31-22-29(23-32(41)24-31)13-10-20-48-18-8-9-19-48;30-20-13-18(4-3-11-39-9-1-2-10-39)12-19(14-20)26-28-22(5-6-33-26)35-29(36-28)27-21-15-23(25-16-31-7-8-32-25)34-17-24(21)37-38-27;1-2/h3-7,11-12,16-17,21-26H,1,8-10,13-15,18-20H2,2H3,(H,44,45)(H,46,47);5-8,12-17H,1-4,9-11H2,(H,35,36)(H,37,38);1-2H3/b27-21+,30-4+;;. The number of H-pyrrole nitrogens is 4. The monoisotopic (exact) mass is 1190 g/mol. The van der Waals surface area contributed by atoms with Gasteiger partial charge in [0, 0.05) is 46.7 Å². The number of hydrogen-bond acceptors (Lipinski definition) is 12. The molecule has 16 nitrogen and oxygen atoms in total. The van der Waals surface area contributed by atoms with Crippen molar-refractivity contribution in [3.05, 3.63) is 199 Å². The van der Waals surface area contributed by atoms with Crippen molar-refractivity contribution >= 4 is 49.4 Å². The molecule has 2 saturated heterocycles. The lowest BCUT2D eigenvalue weighted by Crippen LogP contribution is -2.20. The molecule has 2 aliphatic rings. The molecule has 18 heteroatoms. The molecule has 11 heterocycles. The molecule has 12 aromatic rings. The molecule has 2 aliphatic heterocycles. The number of fused-ring (bicyclic) bond motifs is 4. The molecule has 0 bridgehead atoms. The smallest absolute Gasteiger partial charge is 0.159 e. The molecule has 9 aromatic heterocycles. The fraction of sp³-hybridized carbons (Fsp3) is 0.268. The number of aromatic nitrogens is 14. The quantitative estimate of drug-likeness (QED) is 0.0560. The number of benzene rings is 3. The van der Waals surface area contributed by atoms with Crippen molar-refractivity contribution < 1.29 is 8.78 Å². The van der Waals surface area contributed by atoms with Crippen LogP contribution in [0.4, 0.5) is 8.78 Å². The van der Waals surface area contributed by atoms with E-state index in [9.17, 15) is 8.78 Å². The summed E-state index contributed by atoms with van der Waals surface area (Å²) in [4.78, 5) is 48.6. The van der Waals surface area contributed by atoms with Crippen LogP contribution in [0, 0.1) is 11.6 Å². The van der Waals surface area contributed by atoms with Gasteiger partial charge in [0.05, 0.1) is 63.4 Å². The van der Waals surface area contributed by atoms with Crippen molar-refractivity contribution in [2.75, 3.05) is 39.3 Å². The van der Waals surface area contributed by atoms with Crippen molar-refractivity contribution in [2.24, 2.45) is 0 Å². The van der Waals surface area contributed by atoms with Gasteiger partial charge in [-0.3, -0.25) is 40.1 Å². The minimum atomic E-state index is -0.263. The van der Waals surface area contributed by atoms with Gasteiger partial charge in [-0.25, -0.2) is 18.7 Å². The van der Waals surface area contributed by atoms with E-state index in [0.29, 0.717) is 56.8 Å². The molecule has 450 valence electrons. The molecule has 0 unspecified atom stereocenters. The maximum absolute atomic E-state index is 14.9. The Balaban J connectivity index is 0.000000171. The fourth-order valence-electron chi connectivity index (χ4n) is 12.0. The predicted molar refractivity (Wildman–Crippen MR) is 351 cm³/mol. The van der Waals surface area contributed by atoms with E-state index in [4.69, 9.17) is 15.0 Å². The van der Waals surface area contributed by atoms with Crippen molar-refractivity contribution in [1.82, 2.24) is 80.0 Å². The summed E-state index contributed by atoms with van der Waals surface area (Å²) in [6.45, 7) is 16.9. The summed E-state index contributed by atoms with van der Waals surface area (Å²) in [5.74, 6) is 0.673. The van der Waals surface area contributed by atoms with E-state index in [2.05, 4.69) is 114 Å². The van der Waals surface area contributed by atoms with Gasteiger partial charge < -0.3 is 19.8 Å². The summed E-state index contributed by atoms with van der Waals surface area (Å²) in [5.41, 5.74) is 16.2. The molecule has 0 aliphatic carbocycles. The number of aryl methyl sites for hydroxylation is 3. The first-order valence-corrected chi connectivity index (χ1v) is 31.0. The van der Waals surface area contributed by atoms with Crippen LogP contribution in [0.3, 0.4) is 0 Å². The second kappa shape index (κ2) is 27.9. The Hall–Kier alpha value is -9.78. The highest BCUT2D eigenvalue weighted by Crippen LogP contribution is 2.35.